The number of hydrogen-bond acceptors (Lipinski definition) is 3. The van der Waals surface area contributed by atoms with E-state index in [9.17, 15) is 18.0 Å². The predicted molar refractivity (Wildman–Crippen MR) is 67.4 cm³/mol. The molecule has 1 aromatic carbocycles. The normalized spacial score (nSPS) is 11.2. The number of nitrogens with zero attached hydrogens (tertiary/aromatic N) is 2. The third kappa shape index (κ3) is 2.09. The molecule has 0 N–H and O–H groups in total. The fourth-order valence-electron chi connectivity index (χ4n) is 1.86. The van der Waals surface area contributed by atoms with E-state index in [2.05, 4.69) is 4.98 Å². The van der Waals surface area contributed by atoms with Crippen molar-refractivity contribution >= 4 is 22.1 Å². The molecular weight excluding hydrogens is 289 g/mol. The zero-order chi connectivity index (χ0) is 14.3. The Bertz CT molecular complexity index is 781. The molecule has 2 aromatic heterocycles. The number of halogens is 3. The van der Waals surface area contributed by atoms with Crippen LogP contribution in [0.2, 0.25) is 0 Å². The Morgan fingerprint density at radius 1 is 1.25 bits per heavy atom. The number of rotatable bonds is 3. The number of carbonyl (C=O) groups excluding carboxylic acids is 1. The van der Waals surface area contributed by atoms with Crippen molar-refractivity contribution in [3.63, 3.8) is 0 Å². The molecule has 102 valence electrons. The Balaban J connectivity index is 1.89. The van der Waals surface area contributed by atoms with Gasteiger partial charge in [0.05, 0.1) is 17.7 Å². The molecule has 0 spiro atoms. The summed E-state index contributed by atoms with van der Waals surface area (Å²) in [5.74, 6) is -5.06. The second-order valence-electron chi connectivity index (χ2n) is 4.15. The molecule has 0 aliphatic carbocycles. The number of aromatic nitrogens is 2. The Labute approximate surface area is 115 Å². The highest BCUT2D eigenvalue weighted by Gasteiger charge is 2.19. The number of benzene rings is 1. The predicted octanol–water partition coefficient (Wildman–Crippen LogP) is 3.24. The van der Waals surface area contributed by atoms with Crippen LogP contribution in [0.15, 0.2) is 29.9 Å². The first-order chi connectivity index (χ1) is 9.56. The zero-order valence-electron chi connectivity index (χ0n) is 9.94. The maximum Gasteiger partial charge on any atom is 0.195 e. The quantitative estimate of drug-likeness (QED) is 0.549. The number of hydrogen-bond donors (Lipinski definition) is 0. The van der Waals surface area contributed by atoms with Crippen molar-refractivity contribution in [1.82, 2.24) is 9.38 Å². The van der Waals surface area contributed by atoms with E-state index in [1.54, 1.807) is 16.8 Å². The van der Waals surface area contributed by atoms with Gasteiger partial charge in [0.25, 0.3) is 0 Å². The number of imidazole rings is 1. The number of thiazole rings is 1. The topological polar surface area (TPSA) is 34.4 Å². The van der Waals surface area contributed by atoms with E-state index in [-0.39, 0.29) is 6.42 Å². The minimum absolute atomic E-state index is 0.170. The lowest BCUT2D eigenvalue weighted by atomic mass is 10.1. The van der Waals surface area contributed by atoms with Crippen LogP contribution in [0.1, 0.15) is 16.1 Å². The second-order valence-corrected chi connectivity index (χ2v) is 5.02. The molecule has 20 heavy (non-hydrogen) atoms. The van der Waals surface area contributed by atoms with Crippen molar-refractivity contribution in [3.05, 3.63) is 58.6 Å². The Hall–Kier alpha value is -2.15. The summed E-state index contributed by atoms with van der Waals surface area (Å²) in [5.41, 5.74) is -0.0220. The van der Waals surface area contributed by atoms with Gasteiger partial charge in [0, 0.05) is 17.8 Å². The summed E-state index contributed by atoms with van der Waals surface area (Å²) >= 11 is 1.40. The standard InChI is InChI=1S/C13H7F3N2OS/c14-9-2-1-8(11(15)12(9)16)10(19)5-7-6-18-3-4-20-13(18)17-7/h1-4,6H,5H2. The third-order valence-corrected chi connectivity index (χ3v) is 3.59. The van der Waals surface area contributed by atoms with Gasteiger partial charge in [-0.15, -0.1) is 11.3 Å². The molecule has 0 atom stereocenters. The van der Waals surface area contributed by atoms with Crippen molar-refractivity contribution in [2.75, 3.05) is 0 Å². The highest BCUT2D eigenvalue weighted by molar-refractivity contribution is 7.15. The minimum atomic E-state index is -1.64. The van der Waals surface area contributed by atoms with Gasteiger partial charge in [-0.25, -0.2) is 18.2 Å². The fourth-order valence-corrected chi connectivity index (χ4v) is 2.58. The van der Waals surface area contributed by atoms with Crippen LogP contribution in [-0.2, 0) is 6.42 Å². The minimum Gasteiger partial charge on any atom is -0.297 e. The molecule has 7 heteroatoms. The lowest BCUT2D eigenvalue weighted by Crippen LogP contribution is -2.09. The third-order valence-electron chi connectivity index (χ3n) is 2.82. The van der Waals surface area contributed by atoms with Crippen LogP contribution < -0.4 is 0 Å². The van der Waals surface area contributed by atoms with E-state index < -0.39 is 28.8 Å². The van der Waals surface area contributed by atoms with Crippen molar-refractivity contribution < 1.29 is 18.0 Å². The van der Waals surface area contributed by atoms with Gasteiger partial charge >= 0.3 is 0 Å². The Morgan fingerprint density at radius 3 is 2.80 bits per heavy atom. The summed E-state index contributed by atoms with van der Waals surface area (Å²) < 4.78 is 41.1. The molecule has 3 rings (SSSR count). The molecule has 0 bridgehead atoms. The molecule has 0 fully saturated rings. The number of fused-ring (bicyclic) bond motifs is 1. The first kappa shape index (κ1) is 12.9. The number of carbonyl (C=O) groups is 1. The first-order valence-electron chi connectivity index (χ1n) is 5.64. The monoisotopic (exact) mass is 296 g/mol. The van der Waals surface area contributed by atoms with E-state index in [1.165, 1.54) is 11.3 Å². The summed E-state index contributed by atoms with van der Waals surface area (Å²) in [6, 6.07) is 1.67. The van der Waals surface area contributed by atoms with Crippen molar-refractivity contribution in [2.24, 2.45) is 0 Å². The van der Waals surface area contributed by atoms with Gasteiger partial charge in [-0.3, -0.25) is 9.20 Å². The maximum absolute atomic E-state index is 13.5. The summed E-state index contributed by atoms with van der Waals surface area (Å²) in [5, 5.41) is 1.84. The van der Waals surface area contributed by atoms with Gasteiger partial charge in [0.2, 0.25) is 0 Å². The van der Waals surface area contributed by atoms with Crippen LogP contribution in [0, 0.1) is 17.5 Å². The Kier molecular flexibility index (Phi) is 3.06. The van der Waals surface area contributed by atoms with Crippen LogP contribution in [0.4, 0.5) is 13.2 Å². The van der Waals surface area contributed by atoms with E-state index >= 15 is 0 Å². The van der Waals surface area contributed by atoms with E-state index in [0.717, 1.165) is 12.1 Å². The number of ketones is 1. The lowest BCUT2D eigenvalue weighted by Gasteiger charge is -2.02. The summed E-state index contributed by atoms with van der Waals surface area (Å²) in [6.45, 7) is 0. The van der Waals surface area contributed by atoms with E-state index in [1.807, 2.05) is 5.38 Å². The highest BCUT2D eigenvalue weighted by atomic mass is 32.1. The molecule has 0 amide bonds. The molecule has 2 heterocycles. The van der Waals surface area contributed by atoms with E-state index in [0.29, 0.717) is 10.7 Å². The van der Waals surface area contributed by atoms with Gasteiger partial charge < -0.3 is 0 Å². The molecular formula is C13H7F3N2OS. The molecule has 3 nitrogen and oxygen atoms in total. The van der Waals surface area contributed by atoms with Crippen LogP contribution in [0.25, 0.3) is 4.96 Å². The molecule has 0 aliphatic rings. The smallest absolute Gasteiger partial charge is 0.195 e. The second kappa shape index (κ2) is 4.75. The molecule has 0 saturated heterocycles. The first-order valence-corrected chi connectivity index (χ1v) is 6.52. The van der Waals surface area contributed by atoms with Gasteiger partial charge in [0.15, 0.2) is 28.2 Å². The lowest BCUT2D eigenvalue weighted by molar-refractivity contribution is 0.0987. The molecule has 0 aliphatic heterocycles. The van der Waals surface area contributed by atoms with Crippen LogP contribution in [0.3, 0.4) is 0 Å². The Morgan fingerprint density at radius 2 is 2.05 bits per heavy atom. The molecule has 0 radical (unpaired) electrons. The van der Waals surface area contributed by atoms with Crippen LogP contribution >= 0.6 is 11.3 Å². The summed E-state index contributed by atoms with van der Waals surface area (Å²) in [4.78, 5) is 16.8. The van der Waals surface area contributed by atoms with Crippen molar-refractivity contribution in [1.29, 1.82) is 0 Å². The van der Waals surface area contributed by atoms with Gasteiger partial charge in [-0.1, -0.05) is 0 Å². The van der Waals surface area contributed by atoms with E-state index in [4.69, 9.17) is 0 Å². The van der Waals surface area contributed by atoms with Crippen LogP contribution in [0.5, 0.6) is 0 Å². The zero-order valence-corrected chi connectivity index (χ0v) is 10.8. The molecule has 0 saturated carbocycles. The average molecular weight is 296 g/mol. The average Bonchev–Trinajstić information content (AvgIpc) is 2.96. The largest absolute Gasteiger partial charge is 0.297 e. The number of Topliss-reactive ketones (excluding diaryl/α,β-unsaturated/α-hetero) is 1. The van der Waals surface area contributed by atoms with Crippen molar-refractivity contribution in [2.45, 2.75) is 6.42 Å². The summed E-state index contributed by atoms with van der Waals surface area (Å²) in [7, 11) is 0. The summed E-state index contributed by atoms with van der Waals surface area (Å²) in [6.07, 6.45) is 3.25. The fraction of sp³-hybridized carbons (Fsp3) is 0.0769. The maximum atomic E-state index is 13.5. The van der Waals surface area contributed by atoms with Gasteiger partial charge in [-0.2, -0.15) is 0 Å². The van der Waals surface area contributed by atoms with Gasteiger partial charge in [-0.05, 0) is 12.1 Å². The molecule has 0 unspecified atom stereocenters. The van der Waals surface area contributed by atoms with Crippen molar-refractivity contribution in [3.8, 4) is 0 Å². The van der Waals surface area contributed by atoms with Gasteiger partial charge in [0.1, 0.15) is 0 Å². The SMILES string of the molecule is O=C(Cc1cn2ccsc2n1)c1ccc(F)c(F)c1F. The van der Waals surface area contributed by atoms with Crippen LogP contribution in [-0.4, -0.2) is 15.2 Å². The molecule has 3 aromatic rings. The highest BCUT2D eigenvalue weighted by Crippen LogP contribution is 2.18.